The fourth-order valence-electron chi connectivity index (χ4n) is 2.73. The van der Waals surface area contributed by atoms with Gasteiger partial charge in [-0.25, -0.2) is 4.79 Å². The second kappa shape index (κ2) is 10.9. The average Bonchev–Trinajstić information content (AvgIpc) is 2.71. The van der Waals surface area contributed by atoms with E-state index in [-0.39, 0.29) is 36.9 Å². The van der Waals surface area contributed by atoms with Crippen LogP contribution in [0.15, 0.2) is 24.3 Å². The first-order valence-corrected chi connectivity index (χ1v) is 9.22. The average molecular weight is 426 g/mol. The SMILES string of the molecule is COCO[C@@H]1/C=C\C(=O)[C@@H](O)[C@@H](O)CCOc2cc(OC)cc(O)c2C(=O)O[C@H]1C. The van der Waals surface area contributed by atoms with Crippen LogP contribution in [0.3, 0.4) is 0 Å². The van der Waals surface area contributed by atoms with Crippen LogP contribution in [0.5, 0.6) is 17.2 Å². The largest absolute Gasteiger partial charge is 0.507 e. The number of aliphatic hydroxyl groups excluding tert-OH is 2. The molecule has 0 amide bonds. The molecule has 3 N–H and O–H groups in total. The Labute approximate surface area is 173 Å². The number of phenols is 1. The highest BCUT2D eigenvalue weighted by atomic mass is 16.7. The van der Waals surface area contributed by atoms with E-state index in [1.54, 1.807) is 0 Å². The number of cyclic esters (lactones) is 1. The van der Waals surface area contributed by atoms with E-state index in [1.807, 2.05) is 0 Å². The summed E-state index contributed by atoms with van der Waals surface area (Å²) in [5.41, 5.74) is -0.236. The Morgan fingerprint density at radius 3 is 2.60 bits per heavy atom. The molecule has 0 unspecified atom stereocenters. The summed E-state index contributed by atoms with van der Waals surface area (Å²) < 4.78 is 26.3. The van der Waals surface area contributed by atoms with Gasteiger partial charge in [-0.1, -0.05) is 0 Å². The second-order valence-corrected chi connectivity index (χ2v) is 6.58. The third-order valence-corrected chi connectivity index (χ3v) is 4.41. The summed E-state index contributed by atoms with van der Waals surface area (Å²) in [6.45, 7) is 1.21. The van der Waals surface area contributed by atoms with Crippen LogP contribution >= 0.6 is 0 Å². The van der Waals surface area contributed by atoms with Gasteiger partial charge in [-0.3, -0.25) is 4.79 Å². The van der Waals surface area contributed by atoms with Crippen LogP contribution in [0, 0.1) is 0 Å². The molecule has 1 aliphatic rings. The standard InChI is InChI=1S/C20H26O10/c1-11-16(29-10-26-2)5-4-13(21)19(24)14(22)6-7-28-17-9-12(27-3)8-15(23)18(17)20(25)30-11/h4-5,8-9,11,14,16,19,22-24H,6-7,10H2,1-3H3/b5-4-/t11-,14-,16+,19+/m0/s1. The Hall–Kier alpha value is -2.66. The summed E-state index contributed by atoms with van der Waals surface area (Å²) in [7, 11) is 2.77. The molecule has 0 bridgehead atoms. The molecule has 0 fully saturated rings. The van der Waals surface area contributed by atoms with Crippen molar-refractivity contribution in [3.8, 4) is 17.2 Å². The summed E-state index contributed by atoms with van der Waals surface area (Å²) in [6, 6.07) is 2.60. The number of rotatable bonds is 4. The van der Waals surface area contributed by atoms with E-state index < -0.39 is 41.9 Å². The molecular formula is C20H26O10. The third kappa shape index (κ3) is 5.92. The summed E-state index contributed by atoms with van der Waals surface area (Å²) in [5, 5.41) is 30.4. The molecule has 4 atom stereocenters. The van der Waals surface area contributed by atoms with Crippen LogP contribution < -0.4 is 9.47 Å². The van der Waals surface area contributed by atoms with Gasteiger partial charge >= 0.3 is 5.97 Å². The first-order chi connectivity index (χ1) is 14.3. The maximum Gasteiger partial charge on any atom is 0.346 e. The first-order valence-electron chi connectivity index (χ1n) is 9.22. The highest BCUT2D eigenvalue weighted by Gasteiger charge is 2.28. The molecular weight excluding hydrogens is 400 g/mol. The number of hydrogen-bond acceptors (Lipinski definition) is 10. The predicted molar refractivity (Wildman–Crippen MR) is 103 cm³/mol. The topological polar surface area (TPSA) is 141 Å². The monoisotopic (exact) mass is 426 g/mol. The van der Waals surface area contributed by atoms with E-state index in [4.69, 9.17) is 23.7 Å². The van der Waals surface area contributed by atoms with Crippen molar-refractivity contribution in [2.45, 2.75) is 37.8 Å². The Bertz CT molecular complexity index is 775. The number of aliphatic hydroxyl groups is 2. The van der Waals surface area contributed by atoms with Gasteiger partial charge in [-0.2, -0.15) is 0 Å². The molecule has 2 rings (SSSR count). The Kier molecular flexibility index (Phi) is 8.60. The number of methoxy groups -OCH3 is 2. The number of carbonyl (C=O) groups is 2. The molecule has 10 heteroatoms. The molecule has 10 nitrogen and oxygen atoms in total. The fourth-order valence-corrected chi connectivity index (χ4v) is 2.73. The number of benzene rings is 1. The van der Waals surface area contributed by atoms with Crippen molar-refractivity contribution in [3.05, 3.63) is 29.8 Å². The summed E-state index contributed by atoms with van der Waals surface area (Å²) in [6.07, 6.45) is -2.67. The first kappa shape index (κ1) is 23.6. The minimum Gasteiger partial charge on any atom is -0.507 e. The zero-order chi connectivity index (χ0) is 22.3. The van der Waals surface area contributed by atoms with Gasteiger partial charge in [-0.15, -0.1) is 0 Å². The lowest BCUT2D eigenvalue weighted by atomic mass is 10.0. The van der Waals surface area contributed by atoms with Gasteiger partial charge in [-0.05, 0) is 19.1 Å². The van der Waals surface area contributed by atoms with Crippen molar-refractivity contribution in [2.24, 2.45) is 0 Å². The van der Waals surface area contributed by atoms with Crippen LogP contribution in [0.1, 0.15) is 23.7 Å². The quantitative estimate of drug-likeness (QED) is 0.462. The second-order valence-electron chi connectivity index (χ2n) is 6.58. The van der Waals surface area contributed by atoms with E-state index in [2.05, 4.69) is 0 Å². The molecule has 30 heavy (non-hydrogen) atoms. The van der Waals surface area contributed by atoms with E-state index in [0.29, 0.717) is 0 Å². The molecule has 0 aliphatic carbocycles. The van der Waals surface area contributed by atoms with Crippen LogP contribution in [0.2, 0.25) is 0 Å². The molecule has 1 aromatic rings. The summed E-state index contributed by atoms with van der Waals surface area (Å²) in [4.78, 5) is 24.9. The van der Waals surface area contributed by atoms with Gasteiger partial charge in [0.1, 0.15) is 47.9 Å². The predicted octanol–water partition coefficient (Wildman–Crippen LogP) is 0.565. The van der Waals surface area contributed by atoms with Crippen molar-refractivity contribution < 1.29 is 48.6 Å². The maximum atomic E-state index is 12.7. The molecule has 0 aromatic heterocycles. The Balaban J connectivity index is 2.43. The van der Waals surface area contributed by atoms with Crippen LogP contribution in [0.4, 0.5) is 0 Å². The van der Waals surface area contributed by atoms with Gasteiger partial charge in [0.05, 0.1) is 19.8 Å². The number of aromatic hydroxyl groups is 1. The molecule has 0 radical (unpaired) electrons. The zero-order valence-corrected chi connectivity index (χ0v) is 16.9. The smallest absolute Gasteiger partial charge is 0.346 e. The molecule has 1 aromatic carbocycles. The van der Waals surface area contributed by atoms with Gasteiger partial charge in [0.15, 0.2) is 5.78 Å². The highest BCUT2D eigenvalue weighted by molar-refractivity contribution is 5.96. The lowest BCUT2D eigenvalue weighted by Gasteiger charge is -2.23. The van der Waals surface area contributed by atoms with Crippen molar-refractivity contribution >= 4 is 11.8 Å². The van der Waals surface area contributed by atoms with Gasteiger partial charge < -0.3 is 39.0 Å². The maximum absolute atomic E-state index is 12.7. The van der Waals surface area contributed by atoms with E-state index >= 15 is 0 Å². The normalized spacial score (nSPS) is 26.7. The highest BCUT2D eigenvalue weighted by Crippen LogP contribution is 2.34. The van der Waals surface area contributed by atoms with Crippen molar-refractivity contribution in [3.63, 3.8) is 0 Å². The van der Waals surface area contributed by atoms with Crippen molar-refractivity contribution in [1.82, 2.24) is 0 Å². The summed E-state index contributed by atoms with van der Waals surface area (Å²) >= 11 is 0. The van der Waals surface area contributed by atoms with Crippen LogP contribution in [-0.4, -0.2) is 79.1 Å². The Morgan fingerprint density at radius 1 is 1.20 bits per heavy atom. The molecule has 0 spiro atoms. The number of phenolic OH excluding ortho intramolecular Hbond substituents is 1. The molecule has 0 saturated heterocycles. The van der Waals surface area contributed by atoms with E-state index in [1.165, 1.54) is 39.4 Å². The number of carbonyl (C=O) groups excluding carboxylic acids is 2. The minimum atomic E-state index is -1.67. The van der Waals surface area contributed by atoms with Crippen LogP contribution in [0.25, 0.3) is 0 Å². The number of esters is 1. The number of fused-ring (bicyclic) bond motifs is 1. The molecule has 1 heterocycles. The van der Waals surface area contributed by atoms with Gasteiger partial charge in [0.25, 0.3) is 0 Å². The third-order valence-electron chi connectivity index (χ3n) is 4.41. The van der Waals surface area contributed by atoms with Gasteiger partial charge in [0, 0.05) is 25.7 Å². The minimum absolute atomic E-state index is 0.0426. The van der Waals surface area contributed by atoms with Crippen LogP contribution in [-0.2, 0) is 19.0 Å². The van der Waals surface area contributed by atoms with Crippen molar-refractivity contribution in [2.75, 3.05) is 27.6 Å². The van der Waals surface area contributed by atoms with Crippen molar-refractivity contribution in [1.29, 1.82) is 0 Å². The molecule has 0 saturated carbocycles. The Morgan fingerprint density at radius 2 is 1.93 bits per heavy atom. The summed E-state index contributed by atoms with van der Waals surface area (Å²) in [5.74, 6) is -1.87. The molecule has 1 aliphatic heterocycles. The van der Waals surface area contributed by atoms with E-state index in [9.17, 15) is 24.9 Å². The number of ketones is 1. The lowest BCUT2D eigenvalue weighted by molar-refractivity contribution is -0.128. The van der Waals surface area contributed by atoms with E-state index in [0.717, 1.165) is 6.08 Å². The number of hydrogen-bond donors (Lipinski definition) is 3. The molecule has 166 valence electrons. The zero-order valence-electron chi connectivity index (χ0n) is 16.9. The van der Waals surface area contributed by atoms with Gasteiger partial charge in [0.2, 0.25) is 0 Å². The fraction of sp³-hybridized carbons (Fsp3) is 0.500. The number of ether oxygens (including phenoxy) is 5. The lowest BCUT2D eigenvalue weighted by Crippen LogP contribution is -2.35.